The Morgan fingerprint density at radius 3 is 2.67 bits per heavy atom. The third-order valence-corrected chi connectivity index (χ3v) is 4.13. The number of anilines is 2. The summed E-state index contributed by atoms with van der Waals surface area (Å²) in [5.41, 5.74) is 0.860. The molecule has 0 saturated heterocycles. The number of Topliss-reactive ketones (excluding diaryl/α,β-unsaturated/α-hetero) is 1. The van der Waals surface area contributed by atoms with E-state index in [0.29, 0.717) is 11.4 Å². The van der Waals surface area contributed by atoms with Gasteiger partial charge in [0.05, 0.1) is 21.2 Å². The van der Waals surface area contributed by atoms with E-state index >= 15 is 0 Å². The second-order valence-electron chi connectivity index (χ2n) is 5.50. The lowest BCUT2D eigenvalue weighted by atomic mass is 10.0. The molecule has 0 fully saturated rings. The van der Waals surface area contributed by atoms with E-state index in [2.05, 4.69) is 10.3 Å². The zero-order valence-corrected chi connectivity index (χ0v) is 14.4. The molecule has 3 N–H and O–H groups in total. The number of nitrogens with one attached hydrogen (secondary N) is 2. The minimum Gasteiger partial charge on any atom is -0.506 e. The molecule has 27 heavy (non-hydrogen) atoms. The van der Waals surface area contributed by atoms with Gasteiger partial charge in [-0.25, -0.2) is 0 Å². The third-order valence-electron chi connectivity index (χ3n) is 3.83. The van der Waals surface area contributed by atoms with Gasteiger partial charge in [-0.3, -0.25) is 19.7 Å². The first-order chi connectivity index (χ1) is 12.9. The molecule has 0 bridgehead atoms. The number of nitro groups is 1. The van der Waals surface area contributed by atoms with Crippen LogP contribution in [0.5, 0.6) is 5.75 Å². The molecule has 9 heteroatoms. The molecule has 136 valence electrons. The zero-order valence-electron chi connectivity index (χ0n) is 13.6. The van der Waals surface area contributed by atoms with Gasteiger partial charge < -0.3 is 15.4 Å². The molecule has 0 aliphatic carbocycles. The van der Waals surface area contributed by atoms with E-state index in [1.165, 1.54) is 36.5 Å². The summed E-state index contributed by atoms with van der Waals surface area (Å²) < 4.78 is 0. The van der Waals surface area contributed by atoms with Crippen molar-refractivity contribution in [3.05, 3.63) is 69.5 Å². The van der Waals surface area contributed by atoms with Crippen molar-refractivity contribution in [3.8, 4) is 16.9 Å². The van der Waals surface area contributed by atoms with Crippen molar-refractivity contribution < 1.29 is 19.6 Å². The number of nitrogens with zero attached hydrogens (tertiary/aromatic N) is 1. The third kappa shape index (κ3) is 3.51. The number of hydrogen-bond acceptors (Lipinski definition) is 6. The number of nitro benzene ring substituents is 1. The SMILES string of the molecule is O=CC(=O)c1[nH]cc(Nc2ccc(O)c(Cl)c2)c1-c1ccccc1[N+](=O)[O-]. The maximum Gasteiger partial charge on any atom is 0.277 e. The minimum atomic E-state index is -0.847. The van der Waals surface area contributed by atoms with E-state index < -0.39 is 10.7 Å². The van der Waals surface area contributed by atoms with Crippen molar-refractivity contribution in [2.75, 3.05) is 5.32 Å². The van der Waals surface area contributed by atoms with Crippen molar-refractivity contribution in [1.82, 2.24) is 4.98 Å². The number of rotatable bonds is 6. The van der Waals surface area contributed by atoms with Gasteiger partial charge in [-0.1, -0.05) is 23.7 Å². The lowest BCUT2D eigenvalue weighted by molar-refractivity contribution is -0.384. The smallest absolute Gasteiger partial charge is 0.277 e. The van der Waals surface area contributed by atoms with Gasteiger partial charge >= 0.3 is 0 Å². The number of aromatic hydroxyl groups is 1. The number of halogens is 1. The molecule has 8 nitrogen and oxygen atoms in total. The number of aromatic nitrogens is 1. The summed E-state index contributed by atoms with van der Waals surface area (Å²) in [7, 11) is 0. The van der Waals surface area contributed by atoms with Crippen LogP contribution in [0.4, 0.5) is 17.1 Å². The van der Waals surface area contributed by atoms with Crippen LogP contribution in [0.15, 0.2) is 48.7 Å². The minimum absolute atomic E-state index is 0.0772. The average Bonchev–Trinajstić information content (AvgIpc) is 3.07. The largest absolute Gasteiger partial charge is 0.506 e. The Hall–Kier alpha value is -3.65. The van der Waals surface area contributed by atoms with Gasteiger partial charge in [-0.2, -0.15) is 0 Å². The average molecular weight is 386 g/mol. The highest BCUT2D eigenvalue weighted by atomic mass is 35.5. The number of benzene rings is 2. The highest BCUT2D eigenvalue weighted by Crippen LogP contribution is 2.39. The number of H-pyrrole nitrogens is 1. The van der Waals surface area contributed by atoms with Crippen molar-refractivity contribution in [1.29, 1.82) is 0 Å². The molecule has 0 aliphatic heterocycles. The number of carbonyl (C=O) groups excluding carboxylic acids is 2. The van der Waals surface area contributed by atoms with E-state index in [0.717, 1.165) is 0 Å². The van der Waals surface area contributed by atoms with E-state index in [9.17, 15) is 24.8 Å². The molecule has 0 saturated carbocycles. The number of hydrogen-bond donors (Lipinski definition) is 3. The lowest BCUT2D eigenvalue weighted by Crippen LogP contribution is -2.04. The number of carbonyl (C=O) groups is 2. The monoisotopic (exact) mass is 385 g/mol. The molecule has 0 amide bonds. The first kappa shape index (κ1) is 18.2. The maximum atomic E-state index is 12.0. The van der Waals surface area contributed by atoms with E-state index in [1.807, 2.05) is 0 Å². The van der Waals surface area contributed by atoms with Crippen LogP contribution in [0.1, 0.15) is 10.5 Å². The van der Waals surface area contributed by atoms with Crippen LogP contribution < -0.4 is 5.32 Å². The van der Waals surface area contributed by atoms with E-state index in [-0.39, 0.29) is 39.6 Å². The Morgan fingerprint density at radius 2 is 2.00 bits per heavy atom. The van der Waals surface area contributed by atoms with Gasteiger partial charge in [0.15, 0.2) is 6.29 Å². The van der Waals surface area contributed by atoms with Crippen LogP contribution in [-0.4, -0.2) is 27.1 Å². The van der Waals surface area contributed by atoms with Crippen molar-refractivity contribution >= 4 is 40.7 Å². The van der Waals surface area contributed by atoms with Crippen molar-refractivity contribution in [3.63, 3.8) is 0 Å². The second kappa shape index (κ2) is 7.30. The fraction of sp³-hybridized carbons (Fsp3) is 0. The summed E-state index contributed by atoms with van der Waals surface area (Å²) in [6, 6.07) is 10.2. The van der Waals surface area contributed by atoms with Crippen LogP contribution in [-0.2, 0) is 4.79 Å². The molecule has 3 rings (SSSR count). The molecule has 3 aromatic rings. The molecule has 0 aliphatic rings. The molecule has 0 unspecified atom stereocenters. The van der Waals surface area contributed by atoms with E-state index in [4.69, 9.17) is 11.6 Å². The van der Waals surface area contributed by atoms with Crippen molar-refractivity contribution in [2.45, 2.75) is 0 Å². The lowest BCUT2D eigenvalue weighted by Gasteiger charge is -2.10. The number of phenolic OH excluding ortho intramolecular Hbond substituents is 1. The summed E-state index contributed by atoms with van der Waals surface area (Å²) in [5, 5.41) is 24.0. The Bertz CT molecular complexity index is 1060. The number of phenols is 1. The standard InChI is InChI=1S/C18H12ClN3O5/c19-12-7-10(5-6-15(12)24)21-13-8-20-18(16(25)9-23)17(13)11-3-1-2-4-14(11)22(26)27/h1-9,20-21,24H. The van der Waals surface area contributed by atoms with Gasteiger partial charge in [0.1, 0.15) is 11.4 Å². The summed E-state index contributed by atoms with van der Waals surface area (Å²) in [6.07, 6.45) is 1.55. The fourth-order valence-corrected chi connectivity index (χ4v) is 2.82. The number of ketones is 1. The number of para-hydroxylation sites is 1. The Labute approximate surface area is 157 Å². The Morgan fingerprint density at radius 1 is 1.26 bits per heavy atom. The van der Waals surface area contributed by atoms with E-state index in [1.54, 1.807) is 12.1 Å². The van der Waals surface area contributed by atoms with Gasteiger partial charge in [0, 0.05) is 23.5 Å². The second-order valence-corrected chi connectivity index (χ2v) is 5.91. The molecular weight excluding hydrogens is 374 g/mol. The van der Waals surface area contributed by atoms with Crippen LogP contribution in [0, 0.1) is 10.1 Å². The highest BCUT2D eigenvalue weighted by Gasteiger charge is 2.25. The molecule has 1 heterocycles. The predicted octanol–water partition coefficient (Wildman–Crippen LogP) is 4.07. The Balaban J connectivity index is 2.18. The predicted molar refractivity (Wildman–Crippen MR) is 99.7 cm³/mol. The summed E-state index contributed by atoms with van der Waals surface area (Å²) in [6.45, 7) is 0. The molecule has 1 aromatic heterocycles. The first-order valence-electron chi connectivity index (χ1n) is 7.62. The number of aromatic amines is 1. The van der Waals surface area contributed by atoms with Crippen LogP contribution in [0.2, 0.25) is 5.02 Å². The van der Waals surface area contributed by atoms with Gasteiger partial charge in [0.2, 0.25) is 5.78 Å². The summed E-state index contributed by atoms with van der Waals surface area (Å²) >= 11 is 5.89. The number of aldehydes is 1. The summed E-state index contributed by atoms with van der Waals surface area (Å²) in [4.78, 5) is 36.5. The fourth-order valence-electron chi connectivity index (χ4n) is 2.64. The zero-order chi connectivity index (χ0) is 19.6. The van der Waals surface area contributed by atoms with Gasteiger partial charge in [-0.05, 0) is 24.3 Å². The summed E-state index contributed by atoms with van der Waals surface area (Å²) in [5.74, 6) is -0.952. The normalized spacial score (nSPS) is 10.4. The van der Waals surface area contributed by atoms with Crippen LogP contribution in [0.3, 0.4) is 0 Å². The maximum absolute atomic E-state index is 12.0. The quantitative estimate of drug-likeness (QED) is 0.147. The first-order valence-corrected chi connectivity index (χ1v) is 8.00. The molecule has 0 radical (unpaired) electrons. The van der Waals surface area contributed by atoms with Crippen LogP contribution in [0.25, 0.3) is 11.1 Å². The van der Waals surface area contributed by atoms with Crippen molar-refractivity contribution in [2.24, 2.45) is 0 Å². The van der Waals surface area contributed by atoms with Gasteiger partial charge in [-0.15, -0.1) is 0 Å². The molecule has 0 spiro atoms. The topological polar surface area (TPSA) is 125 Å². The molecular formula is C18H12ClN3O5. The molecule has 2 aromatic carbocycles. The van der Waals surface area contributed by atoms with Gasteiger partial charge in [0.25, 0.3) is 5.69 Å². The Kier molecular flexibility index (Phi) is 4.91. The highest BCUT2D eigenvalue weighted by molar-refractivity contribution is 6.35. The molecule has 0 atom stereocenters. The van der Waals surface area contributed by atoms with Crippen LogP contribution >= 0.6 is 11.6 Å².